The topological polar surface area (TPSA) is 60.9 Å². The monoisotopic (exact) mass is 153 g/mol. The van der Waals surface area contributed by atoms with Gasteiger partial charge in [-0.2, -0.15) is 5.10 Å². The molecular weight excluding hydrogens is 142 g/mol. The number of aromatic nitrogens is 2. The lowest BCUT2D eigenvalue weighted by Gasteiger charge is -1.93. The van der Waals surface area contributed by atoms with Crippen molar-refractivity contribution in [1.82, 2.24) is 9.78 Å². The summed E-state index contributed by atoms with van der Waals surface area (Å²) in [6.45, 7) is 2.20. The number of carbonyl (C=O) groups excluding carboxylic acids is 1. The Bertz CT molecular complexity index is 254. The minimum atomic E-state index is -0.365. The molecule has 1 amide bonds. The number of primary amides is 1. The second-order valence-electron chi connectivity index (χ2n) is 2.37. The van der Waals surface area contributed by atoms with Gasteiger partial charge in [-0.1, -0.05) is 6.92 Å². The summed E-state index contributed by atoms with van der Waals surface area (Å²) in [4.78, 5) is 10.4. The van der Waals surface area contributed by atoms with Crippen LogP contribution in [-0.2, 0) is 17.8 Å². The molecule has 0 saturated heterocycles. The lowest BCUT2D eigenvalue weighted by Crippen LogP contribution is -2.18. The SMILES string of the molecule is CCc1cnn(CC(N)=O)c1. The highest BCUT2D eigenvalue weighted by molar-refractivity contribution is 5.73. The van der Waals surface area contributed by atoms with E-state index in [0.29, 0.717) is 0 Å². The van der Waals surface area contributed by atoms with Crippen LogP contribution in [0.4, 0.5) is 0 Å². The zero-order valence-electron chi connectivity index (χ0n) is 6.45. The van der Waals surface area contributed by atoms with Gasteiger partial charge in [0.1, 0.15) is 6.54 Å². The predicted molar refractivity (Wildman–Crippen MR) is 40.8 cm³/mol. The summed E-state index contributed by atoms with van der Waals surface area (Å²) >= 11 is 0. The summed E-state index contributed by atoms with van der Waals surface area (Å²) in [5, 5.41) is 3.94. The third-order valence-electron chi connectivity index (χ3n) is 1.41. The molecule has 1 aromatic rings. The third-order valence-corrected chi connectivity index (χ3v) is 1.41. The molecule has 0 aliphatic carbocycles. The average Bonchev–Trinajstić information content (AvgIpc) is 2.34. The minimum Gasteiger partial charge on any atom is -0.368 e. The van der Waals surface area contributed by atoms with Crippen molar-refractivity contribution >= 4 is 5.91 Å². The Morgan fingerprint density at radius 1 is 1.82 bits per heavy atom. The van der Waals surface area contributed by atoms with Crippen LogP contribution in [0, 0.1) is 0 Å². The Labute approximate surface area is 65.0 Å². The molecule has 0 aromatic carbocycles. The Kier molecular flexibility index (Phi) is 2.25. The molecule has 1 heterocycles. The molecule has 0 bridgehead atoms. The molecule has 1 rings (SSSR count). The fraction of sp³-hybridized carbons (Fsp3) is 0.429. The van der Waals surface area contributed by atoms with E-state index in [1.807, 2.05) is 13.1 Å². The van der Waals surface area contributed by atoms with Crippen molar-refractivity contribution in [1.29, 1.82) is 0 Å². The number of hydrogen-bond donors (Lipinski definition) is 1. The van der Waals surface area contributed by atoms with Gasteiger partial charge in [0.2, 0.25) is 5.91 Å². The number of nitrogens with zero attached hydrogens (tertiary/aromatic N) is 2. The van der Waals surface area contributed by atoms with E-state index in [2.05, 4.69) is 5.10 Å². The number of rotatable bonds is 3. The highest BCUT2D eigenvalue weighted by atomic mass is 16.1. The average molecular weight is 153 g/mol. The summed E-state index contributed by atoms with van der Waals surface area (Å²) in [7, 11) is 0. The van der Waals surface area contributed by atoms with E-state index < -0.39 is 0 Å². The van der Waals surface area contributed by atoms with Crippen LogP contribution in [0.1, 0.15) is 12.5 Å². The first-order valence-electron chi connectivity index (χ1n) is 3.52. The second-order valence-corrected chi connectivity index (χ2v) is 2.37. The molecule has 0 atom stereocenters. The molecule has 0 unspecified atom stereocenters. The zero-order valence-corrected chi connectivity index (χ0v) is 6.45. The van der Waals surface area contributed by atoms with Crippen LogP contribution in [0.15, 0.2) is 12.4 Å². The van der Waals surface area contributed by atoms with Crippen molar-refractivity contribution in [3.63, 3.8) is 0 Å². The number of nitrogens with two attached hydrogens (primary N) is 1. The number of carbonyl (C=O) groups is 1. The van der Waals surface area contributed by atoms with Crippen LogP contribution in [0.3, 0.4) is 0 Å². The molecule has 4 heteroatoms. The summed E-state index contributed by atoms with van der Waals surface area (Å²) in [6, 6.07) is 0. The van der Waals surface area contributed by atoms with Gasteiger partial charge in [-0.25, -0.2) is 0 Å². The molecular formula is C7H11N3O. The fourth-order valence-corrected chi connectivity index (χ4v) is 0.835. The van der Waals surface area contributed by atoms with Crippen molar-refractivity contribution in [3.05, 3.63) is 18.0 Å². The van der Waals surface area contributed by atoms with Gasteiger partial charge in [0.25, 0.3) is 0 Å². The molecule has 0 saturated carbocycles. The largest absolute Gasteiger partial charge is 0.368 e. The Morgan fingerprint density at radius 2 is 2.55 bits per heavy atom. The van der Waals surface area contributed by atoms with Crippen LogP contribution < -0.4 is 5.73 Å². The maximum Gasteiger partial charge on any atom is 0.239 e. The van der Waals surface area contributed by atoms with Gasteiger partial charge < -0.3 is 5.73 Å². The molecule has 0 radical (unpaired) electrons. The predicted octanol–water partition coefficient (Wildman–Crippen LogP) is -0.0692. The smallest absolute Gasteiger partial charge is 0.239 e. The molecule has 11 heavy (non-hydrogen) atoms. The van der Waals surface area contributed by atoms with Crippen LogP contribution in [0.5, 0.6) is 0 Å². The van der Waals surface area contributed by atoms with Gasteiger partial charge in [-0.15, -0.1) is 0 Å². The first-order chi connectivity index (χ1) is 5.22. The highest BCUT2D eigenvalue weighted by Crippen LogP contribution is 1.96. The normalized spacial score (nSPS) is 9.91. The molecule has 0 spiro atoms. The molecule has 1 aromatic heterocycles. The zero-order chi connectivity index (χ0) is 8.27. The van der Waals surface area contributed by atoms with Gasteiger partial charge >= 0.3 is 0 Å². The van der Waals surface area contributed by atoms with Crippen LogP contribution in [0.2, 0.25) is 0 Å². The maximum absolute atomic E-state index is 10.4. The van der Waals surface area contributed by atoms with Gasteiger partial charge in [0.05, 0.1) is 6.20 Å². The third kappa shape index (κ3) is 2.07. The first-order valence-corrected chi connectivity index (χ1v) is 3.52. The van der Waals surface area contributed by atoms with E-state index in [-0.39, 0.29) is 12.5 Å². The summed E-state index contributed by atoms with van der Waals surface area (Å²) in [5.41, 5.74) is 6.09. The van der Waals surface area contributed by atoms with E-state index in [1.54, 1.807) is 10.9 Å². The summed E-state index contributed by atoms with van der Waals surface area (Å²) < 4.78 is 1.54. The van der Waals surface area contributed by atoms with E-state index in [0.717, 1.165) is 12.0 Å². The molecule has 60 valence electrons. The van der Waals surface area contributed by atoms with E-state index >= 15 is 0 Å². The number of aryl methyl sites for hydroxylation is 1. The molecule has 4 nitrogen and oxygen atoms in total. The Hall–Kier alpha value is -1.32. The number of hydrogen-bond acceptors (Lipinski definition) is 2. The molecule has 0 fully saturated rings. The van der Waals surface area contributed by atoms with Crippen molar-refractivity contribution < 1.29 is 4.79 Å². The summed E-state index contributed by atoms with van der Waals surface area (Å²) in [5.74, 6) is -0.365. The standard InChI is InChI=1S/C7H11N3O/c1-2-6-3-9-10(4-6)5-7(8)11/h3-4H,2,5H2,1H3,(H2,8,11). The first kappa shape index (κ1) is 7.78. The van der Waals surface area contributed by atoms with Gasteiger partial charge in [0.15, 0.2) is 0 Å². The summed E-state index contributed by atoms with van der Waals surface area (Å²) in [6.07, 6.45) is 4.49. The van der Waals surface area contributed by atoms with Crippen LogP contribution >= 0.6 is 0 Å². The molecule has 2 N–H and O–H groups in total. The van der Waals surface area contributed by atoms with Gasteiger partial charge in [0, 0.05) is 6.20 Å². The Morgan fingerprint density at radius 3 is 3.00 bits per heavy atom. The van der Waals surface area contributed by atoms with E-state index in [9.17, 15) is 4.79 Å². The van der Waals surface area contributed by atoms with Crippen LogP contribution in [0.25, 0.3) is 0 Å². The van der Waals surface area contributed by atoms with Crippen LogP contribution in [-0.4, -0.2) is 15.7 Å². The quantitative estimate of drug-likeness (QED) is 0.660. The fourth-order valence-electron chi connectivity index (χ4n) is 0.835. The molecule has 0 aliphatic rings. The minimum absolute atomic E-state index is 0.167. The molecule has 0 aliphatic heterocycles. The van der Waals surface area contributed by atoms with Gasteiger partial charge in [-0.3, -0.25) is 9.48 Å². The highest BCUT2D eigenvalue weighted by Gasteiger charge is 1.98. The van der Waals surface area contributed by atoms with Crippen molar-refractivity contribution in [3.8, 4) is 0 Å². The Balaban J connectivity index is 2.65. The van der Waals surface area contributed by atoms with E-state index in [1.165, 1.54) is 0 Å². The van der Waals surface area contributed by atoms with Crippen molar-refractivity contribution in [2.45, 2.75) is 19.9 Å². The maximum atomic E-state index is 10.4. The second kappa shape index (κ2) is 3.18. The van der Waals surface area contributed by atoms with Crippen molar-refractivity contribution in [2.75, 3.05) is 0 Å². The van der Waals surface area contributed by atoms with E-state index in [4.69, 9.17) is 5.73 Å². The van der Waals surface area contributed by atoms with Crippen molar-refractivity contribution in [2.24, 2.45) is 5.73 Å². The number of amides is 1. The van der Waals surface area contributed by atoms with Gasteiger partial charge in [-0.05, 0) is 12.0 Å². The lowest BCUT2D eigenvalue weighted by molar-refractivity contribution is -0.118. The lowest BCUT2D eigenvalue weighted by atomic mass is 10.3.